The first-order valence-electron chi connectivity index (χ1n) is 9.80. The molecule has 0 radical (unpaired) electrons. The summed E-state index contributed by atoms with van der Waals surface area (Å²) in [5.41, 5.74) is 8.48. The number of nitrogens with two attached hydrogens (primary N) is 1. The van der Waals surface area contributed by atoms with Crippen molar-refractivity contribution in [2.24, 2.45) is 5.73 Å². The van der Waals surface area contributed by atoms with Crippen molar-refractivity contribution < 1.29 is 24.2 Å². The molecule has 9 nitrogen and oxygen atoms in total. The smallest absolute Gasteiger partial charge is 0.315 e. The zero-order chi connectivity index (χ0) is 23.4. The van der Waals surface area contributed by atoms with Gasteiger partial charge in [-0.3, -0.25) is 14.6 Å². The number of nitrogens with one attached hydrogen (secondary N) is 2. The number of aromatic nitrogens is 1. The standard InChI is InChI=1S/C12H17NO2.C10H13N3O3/c1-7(2)15-10-5-8(3)11(12(13)14)9(4)6-10;14-9(15)3-5-12-10(16)13-7-8-2-1-4-11-6-8/h5-7H,1-4H3,(H2,13,14);1-2,4,6H,3,5,7H2,(H,14,15)(H2,12,13,16). The van der Waals surface area contributed by atoms with Crippen LogP contribution in [-0.4, -0.2) is 40.6 Å². The number of benzene rings is 1. The number of hydrogen-bond acceptors (Lipinski definition) is 5. The highest BCUT2D eigenvalue weighted by molar-refractivity contribution is 5.96. The van der Waals surface area contributed by atoms with Crippen molar-refractivity contribution in [1.29, 1.82) is 0 Å². The van der Waals surface area contributed by atoms with E-state index in [1.807, 2.05) is 45.9 Å². The van der Waals surface area contributed by atoms with Crippen LogP contribution in [-0.2, 0) is 11.3 Å². The first-order chi connectivity index (χ1) is 14.6. The van der Waals surface area contributed by atoms with E-state index in [4.69, 9.17) is 15.6 Å². The van der Waals surface area contributed by atoms with Gasteiger partial charge < -0.3 is 26.2 Å². The Labute approximate surface area is 182 Å². The summed E-state index contributed by atoms with van der Waals surface area (Å²) < 4.78 is 5.56. The average Bonchev–Trinajstić information content (AvgIpc) is 2.66. The van der Waals surface area contributed by atoms with Crippen LogP contribution in [0.3, 0.4) is 0 Å². The monoisotopic (exact) mass is 430 g/mol. The normalized spacial score (nSPS) is 9.97. The fourth-order valence-electron chi connectivity index (χ4n) is 2.68. The van der Waals surface area contributed by atoms with E-state index in [2.05, 4.69) is 15.6 Å². The number of pyridine rings is 1. The maximum Gasteiger partial charge on any atom is 0.315 e. The molecule has 0 aliphatic rings. The highest BCUT2D eigenvalue weighted by atomic mass is 16.5. The van der Waals surface area contributed by atoms with E-state index >= 15 is 0 Å². The highest BCUT2D eigenvalue weighted by Gasteiger charge is 2.11. The van der Waals surface area contributed by atoms with Gasteiger partial charge in [0.15, 0.2) is 0 Å². The molecule has 3 amide bonds. The van der Waals surface area contributed by atoms with Crippen molar-refractivity contribution >= 4 is 17.9 Å². The number of primary amides is 1. The van der Waals surface area contributed by atoms with E-state index in [1.54, 1.807) is 18.5 Å². The van der Waals surface area contributed by atoms with Gasteiger partial charge in [0.2, 0.25) is 5.91 Å². The van der Waals surface area contributed by atoms with Gasteiger partial charge in [-0.1, -0.05) is 6.07 Å². The van der Waals surface area contributed by atoms with E-state index < -0.39 is 5.97 Å². The molecule has 0 saturated carbocycles. The number of urea groups is 1. The number of carbonyl (C=O) groups excluding carboxylic acids is 2. The van der Waals surface area contributed by atoms with Gasteiger partial charge in [-0.05, 0) is 62.6 Å². The van der Waals surface area contributed by atoms with Crippen molar-refractivity contribution in [2.45, 2.75) is 46.8 Å². The summed E-state index contributed by atoms with van der Waals surface area (Å²) in [6, 6.07) is 6.91. The molecule has 1 aromatic carbocycles. The second-order valence-corrected chi connectivity index (χ2v) is 7.08. The number of carboxylic acid groups (broad SMARTS) is 1. The summed E-state index contributed by atoms with van der Waals surface area (Å²) in [6.45, 7) is 8.14. The molecule has 2 aromatic rings. The zero-order valence-corrected chi connectivity index (χ0v) is 18.3. The molecule has 1 aromatic heterocycles. The maximum atomic E-state index is 11.2. The number of rotatable bonds is 8. The lowest BCUT2D eigenvalue weighted by Crippen LogP contribution is -2.36. The van der Waals surface area contributed by atoms with Crippen LogP contribution in [0.1, 0.15) is 47.3 Å². The molecular weight excluding hydrogens is 400 g/mol. The third-order valence-corrected chi connectivity index (χ3v) is 3.92. The molecule has 9 heteroatoms. The lowest BCUT2D eigenvalue weighted by molar-refractivity contribution is -0.136. The summed E-state index contributed by atoms with van der Waals surface area (Å²) in [5.74, 6) is -0.543. The number of carbonyl (C=O) groups is 3. The molecule has 168 valence electrons. The first kappa shape index (κ1) is 25.4. The van der Waals surface area contributed by atoms with E-state index in [-0.39, 0.29) is 31.0 Å². The van der Waals surface area contributed by atoms with Gasteiger partial charge >= 0.3 is 12.0 Å². The molecular formula is C22H30N4O5. The number of amides is 3. The zero-order valence-electron chi connectivity index (χ0n) is 18.3. The minimum absolute atomic E-state index is 0.0830. The number of carboxylic acids is 1. The van der Waals surface area contributed by atoms with Crippen molar-refractivity contribution in [3.05, 3.63) is 58.9 Å². The van der Waals surface area contributed by atoms with Gasteiger partial charge in [0.1, 0.15) is 5.75 Å². The molecule has 1 heterocycles. The minimum Gasteiger partial charge on any atom is -0.491 e. The molecule has 31 heavy (non-hydrogen) atoms. The molecule has 0 bridgehead atoms. The van der Waals surface area contributed by atoms with Crippen LogP contribution in [0, 0.1) is 13.8 Å². The predicted molar refractivity (Wildman–Crippen MR) is 117 cm³/mol. The molecule has 0 fully saturated rings. The fraction of sp³-hybridized carbons (Fsp3) is 0.364. The van der Waals surface area contributed by atoms with Crippen LogP contribution in [0.25, 0.3) is 0 Å². The van der Waals surface area contributed by atoms with Crippen LogP contribution >= 0.6 is 0 Å². The third-order valence-electron chi connectivity index (χ3n) is 3.92. The minimum atomic E-state index is -0.937. The molecule has 0 saturated heterocycles. The molecule has 0 atom stereocenters. The number of aliphatic carboxylic acids is 1. The SMILES string of the molecule is Cc1cc(OC(C)C)cc(C)c1C(N)=O.O=C(O)CCNC(=O)NCc1cccnc1. The summed E-state index contributed by atoms with van der Waals surface area (Å²) in [4.78, 5) is 36.4. The number of aryl methyl sites for hydroxylation is 2. The van der Waals surface area contributed by atoms with E-state index in [9.17, 15) is 14.4 Å². The van der Waals surface area contributed by atoms with Crippen LogP contribution in [0.5, 0.6) is 5.75 Å². The van der Waals surface area contributed by atoms with Crippen molar-refractivity contribution in [3.8, 4) is 5.75 Å². The van der Waals surface area contributed by atoms with Crippen LogP contribution < -0.4 is 21.1 Å². The molecule has 0 aliphatic carbocycles. The Balaban J connectivity index is 0.000000311. The fourth-order valence-corrected chi connectivity index (χ4v) is 2.68. The Bertz CT molecular complexity index is 862. The molecule has 0 unspecified atom stereocenters. The predicted octanol–water partition coefficient (Wildman–Crippen LogP) is 2.55. The summed E-state index contributed by atoms with van der Waals surface area (Å²) in [7, 11) is 0. The lowest BCUT2D eigenvalue weighted by Gasteiger charge is -2.13. The van der Waals surface area contributed by atoms with Crippen LogP contribution in [0.15, 0.2) is 36.7 Å². The van der Waals surface area contributed by atoms with Crippen molar-refractivity contribution in [3.63, 3.8) is 0 Å². The number of ether oxygens (including phenoxy) is 1. The van der Waals surface area contributed by atoms with Crippen molar-refractivity contribution in [1.82, 2.24) is 15.6 Å². The maximum absolute atomic E-state index is 11.2. The molecule has 0 aliphatic heterocycles. The Morgan fingerprint density at radius 3 is 2.29 bits per heavy atom. The average molecular weight is 431 g/mol. The van der Waals surface area contributed by atoms with E-state index in [1.165, 1.54) is 0 Å². The Hall–Kier alpha value is -3.62. The third kappa shape index (κ3) is 10.1. The molecule has 5 N–H and O–H groups in total. The second-order valence-electron chi connectivity index (χ2n) is 7.08. The van der Waals surface area contributed by atoms with E-state index in [0.717, 1.165) is 22.4 Å². The summed E-state index contributed by atoms with van der Waals surface area (Å²) >= 11 is 0. The van der Waals surface area contributed by atoms with Gasteiger partial charge in [-0.25, -0.2) is 4.79 Å². The van der Waals surface area contributed by atoms with Gasteiger partial charge in [-0.15, -0.1) is 0 Å². The van der Waals surface area contributed by atoms with Gasteiger partial charge in [0, 0.05) is 31.0 Å². The summed E-state index contributed by atoms with van der Waals surface area (Å²) in [6.07, 6.45) is 3.34. The lowest BCUT2D eigenvalue weighted by atomic mass is 10.0. The second kappa shape index (κ2) is 12.8. The quantitative estimate of drug-likeness (QED) is 0.507. The van der Waals surface area contributed by atoms with Crippen LogP contribution in [0.4, 0.5) is 4.79 Å². The Morgan fingerprint density at radius 2 is 1.81 bits per heavy atom. The highest BCUT2D eigenvalue weighted by Crippen LogP contribution is 2.22. The molecule has 2 rings (SSSR count). The van der Waals surface area contributed by atoms with Crippen LogP contribution in [0.2, 0.25) is 0 Å². The van der Waals surface area contributed by atoms with Gasteiger partial charge in [0.05, 0.1) is 12.5 Å². The summed E-state index contributed by atoms with van der Waals surface area (Å²) in [5, 5.41) is 13.4. The Morgan fingerprint density at radius 1 is 1.16 bits per heavy atom. The first-order valence-corrected chi connectivity index (χ1v) is 9.80. The number of hydrogen-bond donors (Lipinski definition) is 4. The Kier molecular flexibility index (Phi) is 10.5. The topological polar surface area (TPSA) is 144 Å². The van der Waals surface area contributed by atoms with Gasteiger partial charge in [0.25, 0.3) is 0 Å². The van der Waals surface area contributed by atoms with Gasteiger partial charge in [-0.2, -0.15) is 0 Å². The number of nitrogens with zero attached hydrogens (tertiary/aromatic N) is 1. The largest absolute Gasteiger partial charge is 0.491 e. The van der Waals surface area contributed by atoms with E-state index in [0.29, 0.717) is 12.1 Å². The molecule has 0 spiro atoms. The van der Waals surface area contributed by atoms with Crippen molar-refractivity contribution in [2.75, 3.05) is 6.54 Å².